The van der Waals surface area contributed by atoms with Crippen LogP contribution in [0.2, 0.25) is 0 Å². The molecule has 0 aromatic carbocycles. The molecule has 2 N–H and O–H groups in total. The minimum Gasteiger partial charge on any atom is -0.453 e. The van der Waals surface area contributed by atoms with Gasteiger partial charge in [0.15, 0.2) is 5.65 Å². The number of hydrogen-bond donors (Lipinski definition) is 2. The maximum Gasteiger partial charge on any atom is 0.409 e. The minimum atomic E-state index is -0.367. The largest absolute Gasteiger partial charge is 0.453 e. The zero-order valence-corrected chi connectivity index (χ0v) is 14.6. The highest BCUT2D eigenvalue weighted by Gasteiger charge is 2.25. The van der Waals surface area contributed by atoms with Gasteiger partial charge in [-0.2, -0.15) is 5.10 Å². The normalized spacial score (nSPS) is 17.4. The van der Waals surface area contributed by atoms with E-state index < -0.39 is 0 Å². The number of carbonyl (C=O) groups is 2. The van der Waals surface area contributed by atoms with Crippen LogP contribution in [0, 0.1) is 6.92 Å². The average molecular weight is 346 g/mol. The number of anilines is 1. The van der Waals surface area contributed by atoms with Crippen molar-refractivity contribution in [2.75, 3.05) is 25.5 Å². The molecule has 134 valence electrons. The number of fused-ring (bicyclic) bond motifs is 1. The van der Waals surface area contributed by atoms with Crippen LogP contribution in [0.3, 0.4) is 0 Å². The summed E-state index contributed by atoms with van der Waals surface area (Å²) in [5, 5.41) is 10.9. The first-order valence-electron chi connectivity index (χ1n) is 8.17. The number of nitrogens with zero attached hydrogens (tertiary/aromatic N) is 4. The van der Waals surface area contributed by atoms with Crippen molar-refractivity contribution in [1.82, 2.24) is 25.0 Å². The molecule has 9 nitrogen and oxygen atoms in total. The third-order valence-corrected chi connectivity index (χ3v) is 4.31. The van der Waals surface area contributed by atoms with Gasteiger partial charge in [-0.15, -0.1) is 0 Å². The van der Waals surface area contributed by atoms with Gasteiger partial charge in [-0.05, 0) is 25.8 Å². The van der Waals surface area contributed by atoms with Crippen LogP contribution in [0.1, 0.15) is 18.5 Å². The number of aromatic nitrogens is 3. The Balaban J connectivity index is 1.62. The molecular formula is C16H22N6O3. The quantitative estimate of drug-likeness (QED) is 0.860. The molecule has 9 heteroatoms. The second-order valence-corrected chi connectivity index (χ2v) is 6.16. The summed E-state index contributed by atoms with van der Waals surface area (Å²) in [6, 6.07) is 1.43. The van der Waals surface area contributed by atoms with E-state index in [1.54, 1.807) is 15.8 Å². The molecule has 1 aliphatic heterocycles. The van der Waals surface area contributed by atoms with Crippen LogP contribution in [-0.4, -0.2) is 58.0 Å². The van der Waals surface area contributed by atoms with Crippen molar-refractivity contribution >= 4 is 28.8 Å². The number of pyridine rings is 1. The maximum atomic E-state index is 12.2. The van der Waals surface area contributed by atoms with Crippen molar-refractivity contribution < 1.29 is 14.3 Å². The van der Waals surface area contributed by atoms with E-state index >= 15 is 0 Å². The van der Waals surface area contributed by atoms with E-state index in [9.17, 15) is 9.59 Å². The average Bonchev–Trinajstić information content (AvgIpc) is 2.88. The summed E-state index contributed by atoms with van der Waals surface area (Å²) >= 11 is 0. The summed E-state index contributed by atoms with van der Waals surface area (Å²) in [5.74, 6) is 0. The lowest BCUT2D eigenvalue weighted by Crippen LogP contribution is -2.50. The van der Waals surface area contributed by atoms with Crippen molar-refractivity contribution in [3.8, 4) is 0 Å². The van der Waals surface area contributed by atoms with E-state index in [4.69, 9.17) is 4.74 Å². The molecule has 3 heterocycles. The van der Waals surface area contributed by atoms with Gasteiger partial charge in [0.05, 0.1) is 24.7 Å². The zero-order chi connectivity index (χ0) is 18.0. The Bertz CT molecular complexity index is 803. The van der Waals surface area contributed by atoms with Gasteiger partial charge in [0, 0.05) is 31.6 Å². The Morgan fingerprint density at radius 3 is 2.96 bits per heavy atom. The number of methoxy groups -OCH3 is 1. The smallest absolute Gasteiger partial charge is 0.409 e. The molecule has 0 aliphatic carbocycles. The van der Waals surface area contributed by atoms with Gasteiger partial charge < -0.3 is 20.3 Å². The number of likely N-dealkylation sites (tertiary alicyclic amines) is 1. The van der Waals surface area contributed by atoms with E-state index in [2.05, 4.69) is 20.7 Å². The van der Waals surface area contributed by atoms with E-state index in [0.717, 1.165) is 29.6 Å². The molecule has 2 aromatic heterocycles. The van der Waals surface area contributed by atoms with Crippen molar-refractivity contribution in [3.05, 3.63) is 18.0 Å². The lowest BCUT2D eigenvalue weighted by molar-refractivity contribution is 0.108. The summed E-state index contributed by atoms with van der Waals surface area (Å²) < 4.78 is 6.44. The van der Waals surface area contributed by atoms with Crippen LogP contribution in [0.5, 0.6) is 0 Å². The SMILES string of the molecule is COC(=O)N1CCCC(NC(=O)Nc2cnc3c(c2)c(C)nn3C)C1. The van der Waals surface area contributed by atoms with Crippen LogP contribution in [-0.2, 0) is 11.8 Å². The number of hydrogen-bond acceptors (Lipinski definition) is 5. The molecule has 0 saturated carbocycles. The topological polar surface area (TPSA) is 101 Å². The highest BCUT2D eigenvalue weighted by atomic mass is 16.5. The Morgan fingerprint density at radius 1 is 1.40 bits per heavy atom. The molecule has 1 unspecified atom stereocenters. The Morgan fingerprint density at radius 2 is 2.20 bits per heavy atom. The van der Waals surface area contributed by atoms with Gasteiger partial charge in [0.1, 0.15) is 0 Å². The van der Waals surface area contributed by atoms with Crippen LogP contribution in [0.4, 0.5) is 15.3 Å². The van der Waals surface area contributed by atoms with Crippen molar-refractivity contribution in [3.63, 3.8) is 0 Å². The number of ether oxygens (including phenoxy) is 1. The molecule has 0 bridgehead atoms. The summed E-state index contributed by atoms with van der Waals surface area (Å²) in [5.41, 5.74) is 2.22. The maximum absolute atomic E-state index is 12.2. The van der Waals surface area contributed by atoms with E-state index in [-0.39, 0.29) is 18.2 Å². The number of urea groups is 1. The molecule has 2 aromatic rings. The summed E-state index contributed by atoms with van der Waals surface area (Å²) in [6.07, 6.45) is 2.88. The van der Waals surface area contributed by atoms with Gasteiger partial charge in [-0.3, -0.25) is 4.68 Å². The van der Waals surface area contributed by atoms with Crippen LogP contribution in [0.25, 0.3) is 11.0 Å². The molecule has 25 heavy (non-hydrogen) atoms. The lowest BCUT2D eigenvalue weighted by atomic mass is 10.1. The number of rotatable bonds is 2. The predicted molar refractivity (Wildman–Crippen MR) is 92.4 cm³/mol. The first kappa shape index (κ1) is 17.0. The van der Waals surface area contributed by atoms with Crippen LogP contribution in [0.15, 0.2) is 12.3 Å². The molecule has 1 aliphatic rings. The van der Waals surface area contributed by atoms with E-state index in [0.29, 0.717) is 18.8 Å². The molecule has 1 atom stereocenters. The van der Waals surface area contributed by atoms with Crippen LogP contribution >= 0.6 is 0 Å². The summed E-state index contributed by atoms with van der Waals surface area (Å²) in [7, 11) is 3.19. The number of nitrogens with one attached hydrogen (secondary N) is 2. The fourth-order valence-corrected chi connectivity index (χ4v) is 3.12. The van der Waals surface area contributed by atoms with Gasteiger partial charge in [0.25, 0.3) is 0 Å². The van der Waals surface area contributed by atoms with Gasteiger partial charge >= 0.3 is 12.1 Å². The third-order valence-electron chi connectivity index (χ3n) is 4.31. The van der Waals surface area contributed by atoms with Crippen molar-refractivity contribution in [2.45, 2.75) is 25.8 Å². The van der Waals surface area contributed by atoms with E-state index in [1.165, 1.54) is 7.11 Å². The van der Waals surface area contributed by atoms with Gasteiger partial charge in [0.2, 0.25) is 0 Å². The van der Waals surface area contributed by atoms with Gasteiger partial charge in [-0.25, -0.2) is 14.6 Å². The number of amides is 3. The molecular weight excluding hydrogens is 324 g/mol. The molecule has 0 spiro atoms. The Kier molecular flexibility index (Phi) is 4.73. The number of carbonyl (C=O) groups excluding carboxylic acids is 2. The zero-order valence-electron chi connectivity index (χ0n) is 14.6. The van der Waals surface area contributed by atoms with Crippen molar-refractivity contribution in [1.29, 1.82) is 0 Å². The highest BCUT2D eigenvalue weighted by molar-refractivity contribution is 5.92. The predicted octanol–water partition coefficient (Wildman–Crippen LogP) is 1.63. The molecule has 0 radical (unpaired) electrons. The molecule has 1 saturated heterocycles. The monoisotopic (exact) mass is 346 g/mol. The summed E-state index contributed by atoms with van der Waals surface area (Å²) in [6.45, 7) is 2.99. The second-order valence-electron chi connectivity index (χ2n) is 6.16. The van der Waals surface area contributed by atoms with Crippen LogP contribution < -0.4 is 10.6 Å². The third kappa shape index (κ3) is 3.65. The second kappa shape index (κ2) is 6.96. The lowest BCUT2D eigenvalue weighted by Gasteiger charge is -2.32. The fraction of sp³-hybridized carbons (Fsp3) is 0.500. The Labute approximate surface area is 145 Å². The first-order chi connectivity index (χ1) is 12.0. The minimum absolute atomic E-state index is 0.107. The summed E-state index contributed by atoms with van der Waals surface area (Å²) in [4.78, 5) is 29.8. The van der Waals surface area contributed by atoms with Gasteiger partial charge in [-0.1, -0.05) is 0 Å². The number of piperidine rings is 1. The molecule has 3 rings (SSSR count). The highest BCUT2D eigenvalue weighted by Crippen LogP contribution is 2.19. The molecule has 3 amide bonds. The fourth-order valence-electron chi connectivity index (χ4n) is 3.12. The Hall–Kier alpha value is -2.84. The molecule has 1 fully saturated rings. The standard InChI is InChI=1S/C16H22N6O3/c1-10-13-7-12(8-17-14(13)21(2)20-10)19-15(23)18-11-5-4-6-22(9-11)16(24)25-3/h7-8,11H,4-6,9H2,1-3H3,(H2,18,19,23). The first-order valence-corrected chi connectivity index (χ1v) is 8.17. The van der Waals surface area contributed by atoms with Crippen molar-refractivity contribution in [2.24, 2.45) is 7.05 Å². The number of aryl methyl sites for hydroxylation is 2. The van der Waals surface area contributed by atoms with E-state index in [1.807, 2.05) is 20.0 Å².